The molecule has 0 bridgehead atoms. The Labute approximate surface area is 112 Å². The van der Waals surface area contributed by atoms with Gasteiger partial charge in [-0.3, -0.25) is 0 Å². The third-order valence-electron chi connectivity index (χ3n) is 4.00. The molecule has 4 nitrogen and oxygen atoms in total. The maximum atomic E-state index is 6.26. The predicted octanol–water partition coefficient (Wildman–Crippen LogP) is 3.21. The maximum Gasteiger partial charge on any atom is 0.200 e. The molecule has 1 aliphatic rings. The van der Waals surface area contributed by atoms with Gasteiger partial charge in [0.25, 0.3) is 0 Å². The quantitative estimate of drug-likeness (QED) is 0.842. The van der Waals surface area contributed by atoms with Crippen molar-refractivity contribution in [2.24, 2.45) is 5.73 Å². The number of oxazole rings is 1. The van der Waals surface area contributed by atoms with Crippen molar-refractivity contribution in [1.82, 2.24) is 4.98 Å². The summed E-state index contributed by atoms with van der Waals surface area (Å²) in [6, 6.07) is 5.89. The van der Waals surface area contributed by atoms with E-state index in [-0.39, 0.29) is 12.0 Å². The number of rotatable bonds is 2. The minimum atomic E-state index is 0.164. The topological polar surface area (TPSA) is 61.3 Å². The molecule has 1 aliphatic carbocycles. The number of nitrogens with zero attached hydrogens (tertiary/aromatic N) is 1. The van der Waals surface area contributed by atoms with Crippen molar-refractivity contribution in [2.75, 3.05) is 7.11 Å². The molecule has 1 aromatic carbocycles. The minimum Gasteiger partial charge on any atom is -0.497 e. The van der Waals surface area contributed by atoms with Crippen LogP contribution in [0, 0.1) is 0 Å². The lowest BCUT2D eigenvalue weighted by atomic mass is 9.95. The Bertz CT molecular complexity index is 564. The molecule has 2 unspecified atom stereocenters. The lowest BCUT2D eigenvalue weighted by molar-refractivity contribution is 0.399. The summed E-state index contributed by atoms with van der Waals surface area (Å²) < 4.78 is 11.1. The van der Waals surface area contributed by atoms with E-state index in [9.17, 15) is 0 Å². The van der Waals surface area contributed by atoms with Gasteiger partial charge in [0.15, 0.2) is 11.5 Å². The summed E-state index contributed by atoms with van der Waals surface area (Å²) in [6.07, 6.45) is 5.82. The third-order valence-corrected chi connectivity index (χ3v) is 4.00. The molecule has 0 saturated heterocycles. The summed E-state index contributed by atoms with van der Waals surface area (Å²) in [4.78, 5) is 4.60. The van der Waals surface area contributed by atoms with Crippen molar-refractivity contribution in [2.45, 2.75) is 44.1 Å². The zero-order chi connectivity index (χ0) is 13.2. The predicted molar refractivity (Wildman–Crippen MR) is 74.4 cm³/mol. The van der Waals surface area contributed by atoms with E-state index < -0.39 is 0 Å². The van der Waals surface area contributed by atoms with Crippen molar-refractivity contribution in [3.63, 3.8) is 0 Å². The molecule has 2 aromatic rings. The van der Waals surface area contributed by atoms with Gasteiger partial charge in [-0.15, -0.1) is 0 Å². The normalized spacial score (nSPS) is 24.3. The molecule has 19 heavy (non-hydrogen) atoms. The van der Waals surface area contributed by atoms with Crippen LogP contribution in [0.25, 0.3) is 11.1 Å². The molecule has 102 valence electrons. The largest absolute Gasteiger partial charge is 0.497 e. The average Bonchev–Trinajstić information content (AvgIpc) is 2.72. The van der Waals surface area contributed by atoms with Crippen LogP contribution >= 0.6 is 0 Å². The molecule has 3 rings (SSSR count). The highest BCUT2D eigenvalue weighted by molar-refractivity contribution is 5.74. The highest BCUT2D eigenvalue weighted by Gasteiger charge is 2.26. The Balaban J connectivity index is 1.95. The lowest BCUT2D eigenvalue weighted by Crippen LogP contribution is -2.27. The van der Waals surface area contributed by atoms with Crippen molar-refractivity contribution in [3.8, 4) is 5.75 Å². The van der Waals surface area contributed by atoms with Crippen molar-refractivity contribution < 1.29 is 9.15 Å². The molecule has 4 heteroatoms. The first-order valence-electron chi connectivity index (χ1n) is 6.98. The van der Waals surface area contributed by atoms with Crippen molar-refractivity contribution in [3.05, 3.63) is 24.1 Å². The van der Waals surface area contributed by atoms with E-state index >= 15 is 0 Å². The van der Waals surface area contributed by atoms with E-state index in [1.807, 2.05) is 18.2 Å². The summed E-state index contributed by atoms with van der Waals surface area (Å²) in [7, 11) is 1.65. The molecule has 1 aromatic heterocycles. The molecular weight excluding hydrogens is 240 g/mol. The van der Waals surface area contributed by atoms with E-state index in [1.165, 1.54) is 19.3 Å². The first-order valence-corrected chi connectivity index (χ1v) is 6.98. The van der Waals surface area contributed by atoms with Gasteiger partial charge in [-0.1, -0.05) is 19.3 Å². The van der Waals surface area contributed by atoms with Crippen LogP contribution in [0.15, 0.2) is 22.6 Å². The molecule has 0 amide bonds. The summed E-state index contributed by atoms with van der Waals surface area (Å²) in [5.41, 5.74) is 7.93. The number of methoxy groups -OCH3 is 1. The molecule has 1 fully saturated rings. The fraction of sp³-hybridized carbons (Fsp3) is 0.533. The van der Waals surface area contributed by atoms with E-state index in [4.69, 9.17) is 14.9 Å². The first kappa shape index (κ1) is 12.5. The number of benzene rings is 1. The van der Waals surface area contributed by atoms with Gasteiger partial charge in [-0.05, 0) is 25.0 Å². The van der Waals surface area contributed by atoms with Gasteiger partial charge >= 0.3 is 0 Å². The van der Waals surface area contributed by atoms with Crippen molar-refractivity contribution >= 4 is 11.1 Å². The second kappa shape index (κ2) is 5.21. The number of aromatic nitrogens is 1. The Morgan fingerprint density at radius 3 is 2.95 bits per heavy atom. The van der Waals surface area contributed by atoms with Gasteiger partial charge < -0.3 is 14.9 Å². The number of fused-ring (bicyclic) bond motifs is 1. The Morgan fingerprint density at radius 1 is 1.26 bits per heavy atom. The standard InChI is InChI=1S/C15H20N2O2/c1-18-10-7-8-13-14(9-10)19-15(17-13)11-5-3-2-4-6-12(11)16/h7-9,11-12H,2-6,16H2,1H3. The van der Waals surface area contributed by atoms with Gasteiger partial charge in [-0.2, -0.15) is 0 Å². The van der Waals surface area contributed by atoms with Crippen LogP contribution in [0.5, 0.6) is 5.75 Å². The van der Waals surface area contributed by atoms with E-state index in [2.05, 4.69) is 4.98 Å². The number of nitrogens with two attached hydrogens (primary N) is 1. The maximum absolute atomic E-state index is 6.26. The van der Waals surface area contributed by atoms with Gasteiger partial charge in [0.1, 0.15) is 11.3 Å². The van der Waals surface area contributed by atoms with Crippen LogP contribution in [0.2, 0.25) is 0 Å². The van der Waals surface area contributed by atoms with Gasteiger partial charge in [-0.25, -0.2) is 4.98 Å². The Morgan fingerprint density at radius 2 is 2.11 bits per heavy atom. The third kappa shape index (κ3) is 2.45. The molecular formula is C15H20N2O2. The van der Waals surface area contributed by atoms with Crippen LogP contribution < -0.4 is 10.5 Å². The van der Waals surface area contributed by atoms with Crippen molar-refractivity contribution in [1.29, 1.82) is 0 Å². The molecule has 0 spiro atoms. The second-order valence-corrected chi connectivity index (χ2v) is 5.29. The smallest absolute Gasteiger partial charge is 0.200 e. The van der Waals surface area contributed by atoms with Crippen LogP contribution in [0.4, 0.5) is 0 Å². The van der Waals surface area contributed by atoms with Gasteiger partial charge in [0.2, 0.25) is 0 Å². The molecule has 0 radical (unpaired) electrons. The Kier molecular flexibility index (Phi) is 3.42. The lowest BCUT2D eigenvalue weighted by Gasteiger charge is -2.17. The van der Waals surface area contributed by atoms with Crippen LogP contribution in [0.3, 0.4) is 0 Å². The minimum absolute atomic E-state index is 0.164. The van der Waals surface area contributed by atoms with Crippen LogP contribution in [-0.4, -0.2) is 18.1 Å². The van der Waals surface area contributed by atoms with E-state index in [1.54, 1.807) is 7.11 Å². The number of hydrogen-bond acceptors (Lipinski definition) is 4. The molecule has 2 N–H and O–H groups in total. The zero-order valence-electron chi connectivity index (χ0n) is 11.3. The fourth-order valence-corrected chi connectivity index (χ4v) is 2.85. The van der Waals surface area contributed by atoms with E-state index in [0.717, 1.165) is 35.6 Å². The van der Waals surface area contributed by atoms with Crippen LogP contribution in [0.1, 0.15) is 43.9 Å². The number of hydrogen-bond donors (Lipinski definition) is 1. The summed E-state index contributed by atoms with van der Waals surface area (Å²) in [5, 5.41) is 0. The van der Waals surface area contributed by atoms with Gasteiger partial charge in [0.05, 0.1) is 13.0 Å². The highest BCUT2D eigenvalue weighted by Crippen LogP contribution is 2.33. The fourth-order valence-electron chi connectivity index (χ4n) is 2.85. The molecule has 1 saturated carbocycles. The monoisotopic (exact) mass is 260 g/mol. The van der Waals surface area contributed by atoms with Crippen LogP contribution in [-0.2, 0) is 0 Å². The second-order valence-electron chi connectivity index (χ2n) is 5.29. The zero-order valence-corrected chi connectivity index (χ0v) is 11.3. The molecule has 0 aliphatic heterocycles. The molecule has 1 heterocycles. The SMILES string of the molecule is COc1ccc2nc(C3CCCCCC3N)oc2c1. The highest BCUT2D eigenvalue weighted by atomic mass is 16.5. The Hall–Kier alpha value is -1.55. The summed E-state index contributed by atoms with van der Waals surface area (Å²) in [6.45, 7) is 0. The molecule has 2 atom stereocenters. The average molecular weight is 260 g/mol. The first-order chi connectivity index (χ1) is 9.28. The summed E-state index contributed by atoms with van der Waals surface area (Å²) in [5.74, 6) is 1.83. The van der Waals surface area contributed by atoms with E-state index in [0.29, 0.717) is 0 Å². The summed E-state index contributed by atoms with van der Waals surface area (Å²) >= 11 is 0. The van der Waals surface area contributed by atoms with Gasteiger partial charge in [0, 0.05) is 12.1 Å². The number of ether oxygens (including phenoxy) is 1.